The van der Waals surface area contributed by atoms with Gasteiger partial charge < -0.3 is 15.8 Å². The first-order valence-corrected chi connectivity index (χ1v) is 9.02. The minimum absolute atomic E-state index is 0.0535. The molecule has 0 aliphatic rings. The molecule has 0 fully saturated rings. The van der Waals surface area contributed by atoms with Crippen LogP contribution < -0.4 is 11.3 Å². The van der Waals surface area contributed by atoms with Crippen molar-refractivity contribution < 1.29 is 5.11 Å². The molecule has 0 bridgehead atoms. The Bertz CT molecular complexity index is 1240. The number of H-pyrrole nitrogens is 1. The van der Waals surface area contributed by atoms with E-state index in [1.54, 1.807) is 6.07 Å². The molecule has 3 aromatic carbocycles. The van der Waals surface area contributed by atoms with E-state index in [1.165, 1.54) is 0 Å². The molecule has 4 nitrogen and oxygen atoms in total. The molecule has 0 saturated heterocycles. The number of pyridine rings is 1. The molecule has 0 unspecified atom stereocenters. The number of aromatic nitrogens is 1. The monoisotopic (exact) mass is 358 g/mol. The van der Waals surface area contributed by atoms with Crippen LogP contribution in [0.2, 0.25) is 0 Å². The Morgan fingerprint density at radius 3 is 2.37 bits per heavy atom. The summed E-state index contributed by atoms with van der Waals surface area (Å²) in [5.41, 5.74) is 11.0. The highest BCUT2D eigenvalue weighted by molar-refractivity contribution is 6.15. The lowest BCUT2D eigenvalue weighted by Gasteiger charge is -2.15. The van der Waals surface area contributed by atoms with Crippen LogP contribution >= 0.6 is 0 Å². The molecule has 0 aliphatic heterocycles. The summed E-state index contributed by atoms with van der Waals surface area (Å²) in [5, 5.41) is 13.2. The van der Waals surface area contributed by atoms with Crippen molar-refractivity contribution in [2.75, 3.05) is 0 Å². The molecule has 1 aromatic heterocycles. The maximum absolute atomic E-state index is 12.7. The lowest BCUT2D eigenvalue weighted by atomic mass is 9.92. The predicted octanol–water partition coefficient (Wildman–Crippen LogP) is 4.69. The number of nitrogens with two attached hydrogens (primary N) is 1. The molecule has 4 heteroatoms. The van der Waals surface area contributed by atoms with E-state index < -0.39 is 0 Å². The molecule has 0 radical (unpaired) electrons. The lowest BCUT2D eigenvalue weighted by Crippen LogP contribution is -2.09. The van der Waals surface area contributed by atoms with E-state index in [4.69, 9.17) is 5.73 Å². The average molecular weight is 358 g/mol. The van der Waals surface area contributed by atoms with Crippen molar-refractivity contribution >= 4 is 21.7 Å². The minimum atomic E-state index is -0.109. The van der Waals surface area contributed by atoms with Gasteiger partial charge in [0.25, 0.3) is 5.56 Å². The number of hydrogen-bond donors (Lipinski definition) is 3. The van der Waals surface area contributed by atoms with E-state index in [1.807, 2.05) is 63.2 Å². The topological polar surface area (TPSA) is 79.1 Å². The van der Waals surface area contributed by atoms with E-state index in [0.29, 0.717) is 5.39 Å². The number of nitrogens with one attached hydrogen (secondary N) is 1. The summed E-state index contributed by atoms with van der Waals surface area (Å²) in [6, 6.07) is 15.4. The zero-order valence-corrected chi connectivity index (χ0v) is 15.6. The van der Waals surface area contributed by atoms with E-state index in [9.17, 15) is 9.90 Å². The highest BCUT2D eigenvalue weighted by Gasteiger charge is 2.17. The molecule has 0 aliphatic carbocycles. The van der Waals surface area contributed by atoms with E-state index in [2.05, 4.69) is 4.98 Å². The van der Waals surface area contributed by atoms with Crippen LogP contribution in [0.1, 0.15) is 29.7 Å². The third-order valence-electron chi connectivity index (χ3n) is 5.24. The normalized spacial score (nSPS) is 12.6. The molecule has 136 valence electrons. The summed E-state index contributed by atoms with van der Waals surface area (Å²) < 4.78 is 0. The summed E-state index contributed by atoms with van der Waals surface area (Å²) >= 11 is 0. The van der Waals surface area contributed by atoms with Gasteiger partial charge in [-0.3, -0.25) is 4.79 Å². The molecule has 1 atom stereocenters. The second kappa shape index (κ2) is 6.25. The fraction of sp³-hybridized carbons (Fsp3) is 0.174. The summed E-state index contributed by atoms with van der Waals surface area (Å²) in [4.78, 5) is 15.7. The Balaban J connectivity index is 2.18. The molecule has 4 rings (SSSR count). The summed E-state index contributed by atoms with van der Waals surface area (Å²) in [5.74, 6) is 0.198. The molecule has 0 saturated carbocycles. The first kappa shape index (κ1) is 17.3. The van der Waals surface area contributed by atoms with E-state index in [0.717, 1.165) is 44.1 Å². The number of hydrogen-bond acceptors (Lipinski definition) is 3. The maximum atomic E-state index is 12.7. The second-order valence-corrected chi connectivity index (χ2v) is 7.20. The van der Waals surface area contributed by atoms with Crippen molar-refractivity contribution in [2.45, 2.75) is 26.8 Å². The molecule has 0 spiro atoms. The number of aromatic amines is 1. The first-order chi connectivity index (χ1) is 12.9. The van der Waals surface area contributed by atoms with Crippen LogP contribution in [0.3, 0.4) is 0 Å². The molecular formula is C23H22N2O2. The van der Waals surface area contributed by atoms with Crippen LogP contribution in [0.4, 0.5) is 0 Å². The van der Waals surface area contributed by atoms with Crippen molar-refractivity contribution in [2.24, 2.45) is 5.73 Å². The zero-order chi connectivity index (χ0) is 19.3. The molecule has 1 heterocycles. The molecular weight excluding hydrogens is 336 g/mol. The maximum Gasteiger partial charge on any atom is 0.256 e. The Kier molecular flexibility index (Phi) is 4.01. The number of benzene rings is 3. The van der Waals surface area contributed by atoms with Crippen LogP contribution in [0.15, 0.2) is 53.3 Å². The van der Waals surface area contributed by atoms with Gasteiger partial charge in [-0.1, -0.05) is 42.5 Å². The van der Waals surface area contributed by atoms with Crippen LogP contribution in [-0.4, -0.2) is 10.1 Å². The minimum Gasteiger partial charge on any atom is -0.507 e. The van der Waals surface area contributed by atoms with E-state index >= 15 is 0 Å². The first-order valence-electron chi connectivity index (χ1n) is 9.02. The summed E-state index contributed by atoms with van der Waals surface area (Å²) in [6.45, 7) is 5.76. The Morgan fingerprint density at radius 2 is 1.70 bits per heavy atom. The SMILES string of the molecule is Cc1cc(O)c(-c2ccc([C@@H](C)N)cc2)c2c1[nH]c(=O)c1c(C)cccc12. The van der Waals surface area contributed by atoms with Crippen molar-refractivity contribution in [3.63, 3.8) is 0 Å². The van der Waals surface area contributed by atoms with Gasteiger partial charge in [-0.15, -0.1) is 0 Å². The van der Waals surface area contributed by atoms with Crippen LogP contribution in [0.25, 0.3) is 32.8 Å². The van der Waals surface area contributed by atoms with Gasteiger partial charge in [0.2, 0.25) is 0 Å². The van der Waals surface area contributed by atoms with Gasteiger partial charge in [-0.05, 0) is 54.5 Å². The summed E-state index contributed by atoms with van der Waals surface area (Å²) in [6.07, 6.45) is 0. The number of phenols is 1. The smallest absolute Gasteiger partial charge is 0.256 e. The number of rotatable bonds is 2. The fourth-order valence-electron chi connectivity index (χ4n) is 3.83. The second-order valence-electron chi connectivity index (χ2n) is 7.20. The predicted molar refractivity (Wildman–Crippen MR) is 111 cm³/mol. The van der Waals surface area contributed by atoms with Gasteiger partial charge >= 0.3 is 0 Å². The molecule has 4 aromatic rings. The van der Waals surface area contributed by atoms with Gasteiger partial charge in [0, 0.05) is 17.0 Å². The molecule has 4 N–H and O–H groups in total. The standard InChI is InChI=1S/C23H22N2O2/c1-12-5-4-6-17-19(12)23(27)25-22-13(2)11-18(26)20(21(17)22)16-9-7-15(8-10-16)14(3)24/h4-11,14,26H,24H2,1-3H3,(H,25,27)/t14-/m1/s1. The van der Waals surface area contributed by atoms with Gasteiger partial charge in [-0.25, -0.2) is 0 Å². The van der Waals surface area contributed by atoms with Crippen molar-refractivity contribution in [1.82, 2.24) is 4.98 Å². The van der Waals surface area contributed by atoms with Gasteiger partial charge in [-0.2, -0.15) is 0 Å². The Hall–Kier alpha value is -3.11. The van der Waals surface area contributed by atoms with Crippen LogP contribution in [-0.2, 0) is 0 Å². The van der Waals surface area contributed by atoms with Gasteiger partial charge in [0.15, 0.2) is 0 Å². The van der Waals surface area contributed by atoms with Crippen molar-refractivity contribution in [3.8, 4) is 16.9 Å². The zero-order valence-electron chi connectivity index (χ0n) is 15.6. The largest absolute Gasteiger partial charge is 0.507 e. The highest BCUT2D eigenvalue weighted by Crippen LogP contribution is 2.40. The molecule has 0 amide bonds. The quantitative estimate of drug-likeness (QED) is 0.455. The molecule has 27 heavy (non-hydrogen) atoms. The van der Waals surface area contributed by atoms with Crippen LogP contribution in [0.5, 0.6) is 5.75 Å². The third kappa shape index (κ3) is 2.69. The van der Waals surface area contributed by atoms with Crippen molar-refractivity contribution in [3.05, 3.63) is 75.6 Å². The average Bonchev–Trinajstić information content (AvgIpc) is 2.63. The fourth-order valence-corrected chi connectivity index (χ4v) is 3.83. The number of aromatic hydroxyl groups is 1. The summed E-state index contributed by atoms with van der Waals surface area (Å²) in [7, 11) is 0. The van der Waals surface area contributed by atoms with Gasteiger partial charge in [0.05, 0.1) is 10.9 Å². The van der Waals surface area contributed by atoms with Gasteiger partial charge in [0.1, 0.15) is 5.75 Å². The van der Waals surface area contributed by atoms with Crippen LogP contribution in [0, 0.1) is 13.8 Å². The third-order valence-corrected chi connectivity index (χ3v) is 5.24. The van der Waals surface area contributed by atoms with E-state index in [-0.39, 0.29) is 17.4 Å². The van der Waals surface area contributed by atoms with Crippen molar-refractivity contribution in [1.29, 1.82) is 0 Å². The Labute approximate surface area is 157 Å². The number of phenolic OH excluding ortho intramolecular Hbond substituents is 1. The number of fused-ring (bicyclic) bond motifs is 3. The Morgan fingerprint density at radius 1 is 1.00 bits per heavy atom. The number of aryl methyl sites for hydroxylation is 2. The lowest BCUT2D eigenvalue weighted by molar-refractivity contribution is 0.477. The highest BCUT2D eigenvalue weighted by atomic mass is 16.3.